The normalized spacial score (nSPS) is 20.0. The molecule has 0 atom stereocenters. The lowest BCUT2D eigenvalue weighted by Crippen LogP contribution is -2.13. The van der Waals surface area contributed by atoms with Crippen molar-refractivity contribution >= 4 is 5.97 Å². The molecule has 0 aromatic carbocycles. The van der Waals surface area contributed by atoms with Gasteiger partial charge in [0, 0.05) is 19.3 Å². The van der Waals surface area contributed by atoms with Crippen LogP contribution in [0.4, 0.5) is 0 Å². The van der Waals surface area contributed by atoms with E-state index in [0.29, 0.717) is 5.92 Å². The van der Waals surface area contributed by atoms with E-state index in [1.165, 1.54) is 0 Å². The average molecular weight is 182 g/mol. The lowest BCUT2D eigenvalue weighted by Gasteiger charge is -2.18. The maximum absolute atomic E-state index is 10.1. The van der Waals surface area contributed by atoms with Crippen LogP contribution in [-0.4, -0.2) is 24.3 Å². The van der Waals surface area contributed by atoms with E-state index in [2.05, 4.69) is 0 Å². The van der Waals surface area contributed by atoms with Crippen LogP contribution in [0.3, 0.4) is 0 Å². The summed E-state index contributed by atoms with van der Waals surface area (Å²) in [5.74, 6) is -0.358. The molecule has 1 N–H and O–H groups in total. The molecule has 1 rings (SSSR count). The first-order valence-electron chi connectivity index (χ1n) is 4.44. The third-order valence-electron chi connectivity index (χ3n) is 2.00. The molecule has 1 saturated heterocycles. The number of rotatable bonds is 3. The monoisotopic (exact) mass is 182 g/mol. The van der Waals surface area contributed by atoms with Gasteiger partial charge in [-0.25, -0.2) is 4.79 Å². The Kier molecular flexibility index (Phi) is 4.26. The van der Waals surface area contributed by atoms with Crippen LogP contribution in [0.2, 0.25) is 0 Å². The second kappa shape index (κ2) is 5.54. The minimum atomic E-state index is -0.906. The molecule has 0 radical (unpaired) electrons. The van der Waals surface area contributed by atoms with Crippen molar-refractivity contribution in [3.63, 3.8) is 0 Å². The molecule has 0 aliphatic carbocycles. The Morgan fingerprint density at radius 1 is 1.31 bits per heavy atom. The van der Waals surface area contributed by atoms with Crippen molar-refractivity contribution in [3.05, 3.63) is 24.3 Å². The van der Waals surface area contributed by atoms with Crippen molar-refractivity contribution in [2.45, 2.75) is 12.8 Å². The average Bonchev–Trinajstić information content (AvgIpc) is 2.14. The highest BCUT2D eigenvalue weighted by Crippen LogP contribution is 2.15. The van der Waals surface area contributed by atoms with Gasteiger partial charge < -0.3 is 9.84 Å². The van der Waals surface area contributed by atoms with Crippen molar-refractivity contribution in [1.29, 1.82) is 0 Å². The van der Waals surface area contributed by atoms with Crippen molar-refractivity contribution in [2.24, 2.45) is 5.92 Å². The lowest BCUT2D eigenvalue weighted by molar-refractivity contribution is -0.131. The summed E-state index contributed by atoms with van der Waals surface area (Å²) in [7, 11) is 0. The molecule has 0 saturated carbocycles. The van der Waals surface area contributed by atoms with Gasteiger partial charge in [0.05, 0.1) is 0 Å². The van der Waals surface area contributed by atoms with Crippen molar-refractivity contribution < 1.29 is 14.6 Å². The summed E-state index contributed by atoms with van der Waals surface area (Å²) >= 11 is 0. The second-order valence-electron chi connectivity index (χ2n) is 3.03. The molecule has 0 bridgehead atoms. The third-order valence-corrected chi connectivity index (χ3v) is 2.00. The number of aliphatic carboxylic acids is 1. The summed E-state index contributed by atoms with van der Waals surface area (Å²) in [6.45, 7) is 1.63. The molecule has 1 fully saturated rings. The van der Waals surface area contributed by atoms with E-state index in [9.17, 15) is 4.79 Å². The predicted octanol–water partition coefficient (Wildman–Crippen LogP) is 1.61. The van der Waals surface area contributed by atoms with E-state index in [1.807, 2.05) is 6.08 Å². The SMILES string of the molecule is O=C(O)/C=C\C=C\C1CCOCC1. The quantitative estimate of drug-likeness (QED) is 0.532. The van der Waals surface area contributed by atoms with Gasteiger partial charge in [0.15, 0.2) is 0 Å². The van der Waals surface area contributed by atoms with E-state index >= 15 is 0 Å². The topological polar surface area (TPSA) is 46.5 Å². The molecular weight excluding hydrogens is 168 g/mol. The molecule has 1 heterocycles. The third kappa shape index (κ3) is 4.48. The Labute approximate surface area is 77.7 Å². The largest absolute Gasteiger partial charge is 0.478 e. The number of hydrogen-bond acceptors (Lipinski definition) is 2. The second-order valence-corrected chi connectivity index (χ2v) is 3.03. The van der Waals surface area contributed by atoms with Crippen LogP contribution in [0.1, 0.15) is 12.8 Å². The Morgan fingerprint density at radius 2 is 2.00 bits per heavy atom. The maximum atomic E-state index is 10.1. The highest BCUT2D eigenvalue weighted by Gasteiger charge is 2.09. The van der Waals surface area contributed by atoms with Crippen molar-refractivity contribution in [3.8, 4) is 0 Å². The van der Waals surface area contributed by atoms with Gasteiger partial charge >= 0.3 is 5.97 Å². The Morgan fingerprint density at radius 3 is 2.62 bits per heavy atom. The van der Waals surface area contributed by atoms with Crippen molar-refractivity contribution in [2.75, 3.05) is 13.2 Å². The number of hydrogen-bond donors (Lipinski definition) is 1. The number of ether oxygens (including phenoxy) is 1. The standard InChI is InChI=1S/C10H14O3/c11-10(12)4-2-1-3-9-5-7-13-8-6-9/h1-4,9H,5-8H2,(H,11,12)/b3-1+,4-2-. The van der Waals surface area contributed by atoms with Crippen LogP contribution in [0, 0.1) is 5.92 Å². The summed E-state index contributed by atoms with van der Waals surface area (Å²) in [5.41, 5.74) is 0. The van der Waals surface area contributed by atoms with Gasteiger partial charge in [-0.1, -0.05) is 18.2 Å². The summed E-state index contributed by atoms with van der Waals surface area (Å²) in [4.78, 5) is 10.1. The summed E-state index contributed by atoms with van der Waals surface area (Å²) in [5, 5.41) is 8.31. The van der Waals surface area contributed by atoms with Gasteiger partial charge in [-0.05, 0) is 18.8 Å². The Balaban J connectivity index is 2.25. The van der Waals surface area contributed by atoms with Crippen LogP contribution in [-0.2, 0) is 9.53 Å². The Bertz CT molecular complexity index is 212. The molecule has 0 amide bonds. The highest BCUT2D eigenvalue weighted by molar-refractivity contribution is 5.80. The van der Waals surface area contributed by atoms with Gasteiger partial charge in [-0.3, -0.25) is 0 Å². The van der Waals surface area contributed by atoms with E-state index in [-0.39, 0.29) is 0 Å². The van der Waals surface area contributed by atoms with Crippen molar-refractivity contribution in [1.82, 2.24) is 0 Å². The fourth-order valence-corrected chi connectivity index (χ4v) is 1.27. The number of carboxylic acid groups (broad SMARTS) is 1. The number of allylic oxidation sites excluding steroid dienone is 3. The van der Waals surface area contributed by atoms with E-state index < -0.39 is 5.97 Å². The van der Waals surface area contributed by atoms with Gasteiger partial charge in [0.1, 0.15) is 0 Å². The molecule has 0 spiro atoms. The van der Waals surface area contributed by atoms with E-state index in [1.54, 1.807) is 12.2 Å². The molecule has 13 heavy (non-hydrogen) atoms. The molecule has 1 aliphatic heterocycles. The smallest absolute Gasteiger partial charge is 0.328 e. The minimum Gasteiger partial charge on any atom is -0.478 e. The zero-order valence-corrected chi connectivity index (χ0v) is 7.48. The Hall–Kier alpha value is -1.09. The minimum absolute atomic E-state index is 0.548. The van der Waals surface area contributed by atoms with E-state index in [0.717, 1.165) is 32.1 Å². The fraction of sp³-hybridized carbons (Fsp3) is 0.500. The zero-order valence-electron chi connectivity index (χ0n) is 7.48. The van der Waals surface area contributed by atoms with E-state index in [4.69, 9.17) is 9.84 Å². The first kappa shape index (κ1) is 9.99. The molecule has 0 aromatic rings. The maximum Gasteiger partial charge on any atom is 0.328 e. The zero-order chi connectivity index (χ0) is 9.52. The first-order valence-corrected chi connectivity index (χ1v) is 4.44. The first-order chi connectivity index (χ1) is 6.29. The molecule has 3 heteroatoms. The molecule has 0 unspecified atom stereocenters. The van der Waals surface area contributed by atoms with Crippen LogP contribution in [0.25, 0.3) is 0 Å². The van der Waals surface area contributed by atoms with Gasteiger partial charge in [-0.15, -0.1) is 0 Å². The van der Waals surface area contributed by atoms with Gasteiger partial charge in [0.25, 0.3) is 0 Å². The summed E-state index contributed by atoms with van der Waals surface area (Å²) < 4.78 is 5.20. The van der Waals surface area contributed by atoms with Crippen LogP contribution in [0.15, 0.2) is 24.3 Å². The summed E-state index contributed by atoms with van der Waals surface area (Å²) in [6.07, 6.45) is 8.61. The fourth-order valence-electron chi connectivity index (χ4n) is 1.27. The highest BCUT2D eigenvalue weighted by atomic mass is 16.5. The van der Waals surface area contributed by atoms with Crippen LogP contribution < -0.4 is 0 Å². The molecule has 72 valence electrons. The molecule has 0 aromatic heterocycles. The lowest BCUT2D eigenvalue weighted by atomic mass is 10.00. The van der Waals surface area contributed by atoms with Crippen LogP contribution >= 0.6 is 0 Å². The molecule has 3 nitrogen and oxygen atoms in total. The predicted molar refractivity (Wildman–Crippen MR) is 49.5 cm³/mol. The van der Waals surface area contributed by atoms with Gasteiger partial charge in [-0.2, -0.15) is 0 Å². The number of carbonyl (C=O) groups is 1. The summed E-state index contributed by atoms with van der Waals surface area (Å²) in [6, 6.07) is 0. The molecular formula is C10H14O3. The number of carboxylic acids is 1. The van der Waals surface area contributed by atoms with Crippen LogP contribution in [0.5, 0.6) is 0 Å². The molecule has 1 aliphatic rings. The van der Waals surface area contributed by atoms with Gasteiger partial charge in [0.2, 0.25) is 0 Å².